The fourth-order valence-electron chi connectivity index (χ4n) is 5.24. The van der Waals surface area contributed by atoms with Crippen LogP contribution < -0.4 is 5.73 Å². The van der Waals surface area contributed by atoms with E-state index in [4.69, 9.17) is 5.73 Å². The van der Waals surface area contributed by atoms with Gasteiger partial charge in [-0.25, -0.2) is 8.78 Å². The monoisotopic (exact) mass is 263 g/mol. The Labute approximate surface area is 112 Å². The fourth-order valence-corrected chi connectivity index (χ4v) is 5.24. The normalized spacial score (nSPS) is 43.7. The maximum atomic E-state index is 13.5. The summed E-state index contributed by atoms with van der Waals surface area (Å²) >= 11 is 0. The van der Waals surface area contributed by atoms with Crippen molar-refractivity contribution >= 4 is 0 Å². The Balaban J connectivity index is 1.76. The minimum atomic E-state index is -0.745. The standard InChI is InChI=1S/C16H19F2N/c17-13-2-1-12(5-14(13)18)16-6-9-3-10(7-16)15(19)11(4-9)8-16/h1-2,5,9-11,15H,3-4,6-8,19H2. The molecule has 4 fully saturated rings. The van der Waals surface area contributed by atoms with Crippen molar-refractivity contribution < 1.29 is 8.78 Å². The molecule has 102 valence electrons. The van der Waals surface area contributed by atoms with Gasteiger partial charge < -0.3 is 5.73 Å². The summed E-state index contributed by atoms with van der Waals surface area (Å²) < 4.78 is 26.7. The van der Waals surface area contributed by atoms with Crippen LogP contribution in [0.4, 0.5) is 8.78 Å². The summed E-state index contributed by atoms with van der Waals surface area (Å²) in [6, 6.07) is 4.82. The summed E-state index contributed by atoms with van der Waals surface area (Å²) in [5, 5.41) is 0. The number of halogens is 2. The van der Waals surface area contributed by atoms with Crippen LogP contribution in [-0.2, 0) is 5.41 Å². The third-order valence-corrected chi connectivity index (χ3v) is 5.88. The molecule has 2 N–H and O–H groups in total. The van der Waals surface area contributed by atoms with Crippen molar-refractivity contribution in [3.8, 4) is 0 Å². The number of hydrogen-bond acceptors (Lipinski definition) is 1. The summed E-state index contributed by atoms with van der Waals surface area (Å²) in [5.74, 6) is 0.451. The van der Waals surface area contributed by atoms with Gasteiger partial charge in [0.1, 0.15) is 0 Å². The van der Waals surface area contributed by atoms with Gasteiger partial charge in [0.2, 0.25) is 0 Å². The van der Waals surface area contributed by atoms with Gasteiger partial charge in [-0.2, -0.15) is 0 Å². The van der Waals surface area contributed by atoms with Gasteiger partial charge in [-0.3, -0.25) is 0 Å². The molecule has 3 heteroatoms. The Morgan fingerprint density at radius 3 is 2.32 bits per heavy atom. The molecule has 0 spiro atoms. The van der Waals surface area contributed by atoms with E-state index in [2.05, 4.69) is 0 Å². The Morgan fingerprint density at radius 1 is 1.00 bits per heavy atom. The van der Waals surface area contributed by atoms with Crippen LogP contribution in [0.2, 0.25) is 0 Å². The van der Waals surface area contributed by atoms with Gasteiger partial charge in [-0.1, -0.05) is 6.07 Å². The summed E-state index contributed by atoms with van der Waals surface area (Å²) in [6.07, 6.45) is 5.74. The Kier molecular flexibility index (Phi) is 2.36. The highest BCUT2D eigenvalue weighted by atomic mass is 19.2. The molecule has 4 saturated carbocycles. The van der Waals surface area contributed by atoms with Crippen LogP contribution in [0.25, 0.3) is 0 Å². The van der Waals surface area contributed by atoms with Crippen molar-refractivity contribution in [1.29, 1.82) is 0 Å². The zero-order valence-electron chi connectivity index (χ0n) is 10.9. The third-order valence-electron chi connectivity index (χ3n) is 5.88. The van der Waals surface area contributed by atoms with Crippen molar-refractivity contribution in [3.63, 3.8) is 0 Å². The van der Waals surface area contributed by atoms with E-state index in [-0.39, 0.29) is 5.41 Å². The average molecular weight is 263 g/mol. The highest BCUT2D eigenvalue weighted by Crippen LogP contribution is 2.60. The lowest BCUT2D eigenvalue weighted by Gasteiger charge is -2.59. The number of nitrogens with two attached hydrogens (primary N) is 1. The zero-order chi connectivity index (χ0) is 13.2. The van der Waals surface area contributed by atoms with Crippen LogP contribution in [-0.4, -0.2) is 6.04 Å². The van der Waals surface area contributed by atoms with Crippen molar-refractivity contribution in [2.45, 2.75) is 43.6 Å². The second-order valence-corrected chi connectivity index (χ2v) is 6.96. The lowest BCUT2D eigenvalue weighted by atomic mass is 9.46. The van der Waals surface area contributed by atoms with Crippen LogP contribution in [0, 0.1) is 29.4 Å². The first-order valence-electron chi connectivity index (χ1n) is 7.28. The lowest BCUT2D eigenvalue weighted by Crippen LogP contribution is -2.58. The Bertz CT molecular complexity index is 511. The number of hydrogen-bond donors (Lipinski definition) is 1. The molecule has 2 unspecified atom stereocenters. The van der Waals surface area contributed by atoms with Crippen molar-refractivity contribution in [3.05, 3.63) is 35.4 Å². The lowest BCUT2D eigenvalue weighted by molar-refractivity contribution is -0.0227. The van der Waals surface area contributed by atoms with Crippen molar-refractivity contribution in [1.82, 2.24) is 0 Å². The van der Waals surface area contributed by atoms with E-state index in [1.165, 1.54) is 25.0 Å². The molecule has 4 aliphatic carbocycles. The minimum Gasteiger partial charge on any atom is -0.327 e. The highest BCUT2D eigenvalue weighted by Gasteiger charge is 2.54. The average Bonchev–Trinajstić information content (AvgIpc) is 2.38. The molecule has 1 nitrogen and oxygen atoms in total. The summed E-state index contributed by atoms with van der Waals surface area (Å²) in [5.41, 5.74) is 7.39. The summed E-state index contributed by atoms with van der Waals surface area (Å²) in [7, 11) is 0. The van der Waals surface area contributed by atoms with E-state index in [0.717, 1.165) is 30.7 Å². The van der Waals surface area contributed by atoms with Crippen molar-refractivity contribution in [2.24, 2.45) is 23.5 Å². The topological polar surface area (TPSA) is 26.0 Å². The minimum absolute atomic E-state index is 0.0703. The predicted octanol–water partition coefficient (Wildman–Crippen LogP) is 3.37. The smallest absolute Gasteiger partial charge is 0.159 e. The molecule has 4 bridgehead atoms. The number of rotatable bonds is 1. The quantitative estimate of drug-likeness (QED) is 0.826. The van der Waals surface area contributed by atoms with Gasteiger partial charge in [0.05, 0.1) is 0 Å². The third kappa shape index (κ3) is 1.60. The van der Waals surface area contributed by atoms with Crippen LogP contribution in [0.3, 0.4) is 0 Å². The number of benzene rings is 1. The van der Waals surface area contributed by atoms with Crippen molar-refractivity contribution in [2.75, 3.05) is 0 Å². The maximum Gasteiger partial charge on any atom is 0.159 e. The first kappa shape index (κ1) is 11.8. The van der Waals surface area contributed by atoms with Gasteiger partial charge in [0, 0.05) is 6.04 Å². The molecule has 1 aromatic carbocycles. The highest BCUT2D eigenvalue weighted by molar-refractivity contribution is 5.31. The second kappa shape index (κ2) is 3.78. The maximum absolute atomic E-state index is 13.5. The summed E-state index contributed by atoms with van der Waals surface area (Å²) in [6.45, 7) is 0. The van der Waals surface area contributed by atoms with E-state index < -0.39 is 11.6 Å². The first-order chi connectivity index (χ1) is 9.07. The molecule has 4 aliphatic rings. The van der Waals surface area contributed by atoms with E-state index in [0.29, 0.717) is 17.9 Å². The van der Waals surface area contributed by atoms with Crippen LogP contribution >= 0.6 is 0 Å². The van der Waals surface area contributed by atoms with Gasteiger partial charge in [0.25, 0.3) is 0 Å². The molecular weight excluding hydrogens is 244 g/mol. The molecule has 5 rings (SSSR count). The van der Waals surface area contributed by atoms with E-state index >= 15 is 0 Å². The molecule has 1 aromatic rings. The second-order valence-electron chi connectivity index (χ2n) is 6.96. The van der Waals surface area contributed by atoms with Crippen LogP contribution in [0.15, 0.2) is 18.2 Å². The van der Waals surface area contributed by atoms with E-state index in [1.54, 1.807) is 6.07 Å². The van der Waals surface area contributed by atoms with E-state index in [1.807, 2.05) is 0 Å². The molecule has 0 radical (unpaired) electrons. The van der Waals surface area contributed by atoms with Gasteiger partial charge in [-0.05, 0) is 73.0 Å². The summed E-state index contributed by atoms with van der Waals surface area (Å²) in [4.78, 5) is 0. The van der Waals surface area contributed by atoms with Gasteiger partial charge in [0.15, 0.2) is 11.6 Å². The molecular formula is C16H19F2N. The van der Waals surface area contributed by atoms with Gasteiger partial charge >= 0.3 is 0 Å². The molecule has 0 saturated heterocycles. The molecule has 2 atom stereocenters. The molecule has 0 amide bonds. The first-order valence-corrected chi connectivity index (χ1v) is 7.28. The fraction of sp³-hybridized carbons (Fsp3) is 0.625. The Morgan fingerprint density at radius 2 is 1.68 bits per heavy atom. The van der Waals surface area contributed by atoms with Crippen LogP contribution in [0.5, 0.6) is 0 Å². The molecule has 0 aliphatic heterocycles. The zero-order valence-corrected chi connectivity index (χ0v) is 10.9. The molecule has 0 aromatic heterocycles. The van der Waals surface area contributed by atoms with Crippen LogP contribution in [0.1, 0.15) is 37.7 Å². The largest absolute Gasteiger partial charge is 0.327 e. The SMILES string of the molecule is NC1C2CC3CC1CC(c1ccc(F)c(F)c1)(C3)C2. The predicted molar refractivity (Wildman–Crippen MR) is 69.6 cm³/mol. The molecule has 19 heavy (non-hydrogen) atoms. The van der Waals surface area contributed by atoms with E-state index in [9.17, 15) is 8.78 Å². The van der Waals surface area contributed by atoms with Gasteiger partial charge in [-0.15, -0.1) is 0 Å². The molecule has 0 heterocycles. The Hall–Kier alpha value is -0.960.